The number of carbonyl (C=O) groups is 1. The number of Topliss-reactive ketones (excluding diaryl/α,β-unsaturated/α-hetero) is 1. The molecule has 1 aromatic rings. The van der Waals surface area contributed by atoms with Gasteiger partial charge < -0.3 is 10.3 Å². The van der Waals surface area contributed by atoms with Gasteiger partial charge in [-0.3, -0.25) is 4.79 Å². The highest BCUT2D eigenvalue weighted by atomic mass is 16.1. The van der Waals surface area contributed by atoms with Crippen molar-refractivity contribution in [2.24, 2.45) is 11.7 Å². The van der Waals surface area contributed by atoms with Crippen molar-refractivity contribution in [1.29, 1.82) is 0 Å². The number of nitrogens with zero attached hydrogens (tertiary/aromatic N) is 2. The minimum absolute atomic E-state index is 0.165. The molecular formula is C11H17N3O. The number of ketones is 1. The Balaban J connectivity index is 1.86. The first-order valence-corrected chi connectivity index (χ1v) is 5.54. The predicted molar refractivity (Wildman–Crippen MR) is 57.6 cm³/mol. The van der Waals surface area contributed by atoms with Crippen molar-refractivity contribution in [1.82, 2.24) is 9.55 Å². The van der Waals surface area contributed by atoms with Crippen LogP contribution < -0.4 is 5.73 Å². The molecule has 1 aromatic heterocycles. The Morgan fingerprint density at radius 1 is 1.60 bits per heavy atom. The van der Waals surface area contributed by atoms with Crippen molar-refractivity contribution in [2.75, 3.05) is 6.54 Å². The summed E-state index contributed by atoms with van der Waals surface area (Å²) in [5.74, 6) is 0.970. The van der Waals surface area contributed by atoms with Gasteiger partial charge in [0, 0.05) is 25.7 Å². The molecule has 1 aliphatic carbocycles. The third kappa shape index (κ3) is 2.89. The lowest BCUT2D eigenvalue weighted by Gasteiger charge is -1.96. The lowest BCUT2D eigenvalue weighted by atomic mass is 10.1. The summed E-state index contributed by atoms with van der Waals surface area (Å²) >= 11 is 0. The van der Waals surface area contributed by atoms with Gasteiger partial charge in [-0.1, -0.05) is 12.8 Å². The maximum atomic E-state index is 11.7. The highest BCUT2D eigenvalue weighted by Gasteiger charge is 2.22. The van der Waals surface area contributed by atoms with Crippen molar-refractivity contribution < 1.29 is 4.79 Å². The Bertz CT molecular complexity index is 341. The molecule has 4 nitrogen and oxygen atoms in total. The Morgan fingerprint density at radius 2 is 2.40 bits per heavy atom. The predicted octanol–water partition coefficient (Wildman–Crippen LogP) is 1.21. The van der Waals surface area contributed by atoms with Crippen molar-refractivity contribution in [2.45, 2.75) is 32.2 Å². The van der Waals surface area contributed by atoms with Gasteiger partial charge in [0.05, 0.1) is 6.33 Å². The SMILES string of the molecule is NCCn1cnc(C(=O)CCC2CC2)c1. The Morgan fingerprint density at radius 3 is 3.07 bits per heavy atom. The molecule has 2 rings (SSSR count). The largest absolute Gasteiger partial charge is 0.335 e. The first kappa shape index (κ1) is 10.4. The first-order chi connectivity index (χ1) is 7.29. The van der Waals surface area contributed by atoms with E-state index in [0.29, 0.717) is 18.7 Å². The second kappa shape index (κ2) is 4.57. The van der Waals surface area contributed by atoms with E-state index in [4.69, 9.17) is 5.73 Å². The fourth-order valence-electron chi connectivity index (χ4n) is 1.65. The molecule has 0 aliphatic heterocycles. The molecule has 0 unspecified atom stereocenters. The highest BCUT2D eigenvalue weighted by molar-refractivity contribution is 5.93. The Kier molecular flexibility index (Phi) is 3.16. The van der Waals surface area contributed by atoms with Gasteiger partial charge in [0.2, 0.25) is 0 Å². The molecule has 0 radical (unpaired) electrons. The van der Waals surface area contributed by atoms with Crippen LogP contribution in [0.5, 0.6) is 0 Å². The molecule has 1 fully saturated rings. The molecule has 82 valence electrons. The third-order valence-corrected chi connectivity index (χ3v) is 2.78. The van der Waals surface area contributed by atoms with Gasteiger partial charge in [-0.25, -0.2) is 4.98 Å². The van der Waals surface area contributed by atoms with Crippen molar-refractivity contribution >= 4 is 5.78 Å². The summed E-state index contributed by atoms with van der Waals surface area (Å²) in [5, 5.41) is 0. The zero-order chi connectivity index (χ0) is 10.7. The molecule has 1 heterocycles. The second-order valence-corrected chi connectivity index (χ2v) is 4.19. The number of aromatic nitrogens is 2. The van der Waals surface area contributed by atoms with E-state index in [2.05, 4.69) is 4.98 Å². The zero-order valence-corrected chi connectivity index (χ0v) is 8.85. The van der Waals surface area contributed by atoms with Crippen molar-refractivity contribution in [3.63, 3.8) is 0 Å². The van der Waals surface area contributed by atoms with Crippen molar-refractivity contribution in [3.05, 3.63) is 18.2 Å². The molecule has 15 heavy (non-hydrogen) atoms. The van der Waals surface area contributed by atoms with E-state index in [1.165, 1.54) is 12.8 Å². The van der Waals surface area contributed by atoms with Crippen LogP contribution in [0.2, 0.25) is 0 Å². The average molecular weight is 207 g/mol. The molecule has 1 saturated carbocycles. The number of hydrogen-bond acceptors (Lipinski definition) is 3. The molecule has 2 N–H and O–H groups in total. The number of imidazole rings is 1. The van der Waals surface area contributed by atoms with Crippen LogP contribution >= 0.6 is 0 Å². The van der Waals surface area contributed by atoms with E-state index in [9.17, 15) is 4.79 Å². The molecular weight excluding hydrogens is 190 g/mol. The normalized spacial score (nSPS) is 15.5. The maximum Gasteiger partial charge on any atom is 0.182 e. The second-order valence-electron chi connectivity index (χ2n) is 4.19. The minimum atomic E-state index is 0.165. The molecule has 1 aliphatic rings. The molecule has 0 atom stereocenters. The van der Waals surface area contributed by atoms with Gasteiger partial charge in [0.1, 0.15) is 5.69 Å². The van der Waals surface area contributed by atoms with Crippen LogP contribution in [0.15, 0.2) is 12.5 Å². The summed E-state index contributed by atoms with van der Waals surface area (Å²) in [5.41, 5.74) is 6.01. The molecule has 0 aromatic carbocycles. The zero-order valence-electron chi connectivity index (χ0n) is 8.85. The fourth-order valence-corrected chi connectivity index (χ4v) is 1.65. The summed E-state index contributed by atoms with van der Waals surface area (Å²) in [6.45, 7) is 1.30. The number of rotatable bonds is 6. The van der Waals surface area contributed by atoms with E-state index >= 15 is 0 Å². The number of carbonyl (C=O) groups excluding carboxylic acids is 1. The summed E-state index contributed by atoms with van der Waals surface area (Å²) < 4.78 is 1.87. The van der Waals surface area contributed by atoms with Crippen LogP contribution in [0.1, 0.15) is 36.2 Å². The third-order valence-electron chi connectivity index (χ3n) is 2.78. The lowest BCUT2D eigenvalue weighted by molar-refractivity contribution is 0.0973. The van der Waals surface area contributed by atoms with Crippen molar-refractivity contribution in [3.8, 4) is 0 Å². The van der Waals surface area contributed by atoms with Crippen LogP contribution in [0, 0.1) is 5.92 Å². The fraction of sp³-hybridized carbons (Fsp3) is 0.636. The average Bonchev–Trinajstić information content (AvgIpc) is 2.94. The molecule has 0 saturated heterocycles. The molecule has 0 spiro atoms. The van der Waals surface area contributed by atoms with E-state index < -0.39 is 0 Å². The van der Waals surface area contributed by atoms with E-state index in [-0.39, 0.29) is 5.78 Å². The van der Waals surface area contributed by atoms with Crippen LogP contribution in [0.4, 0.5) is 0 Å². The van der Waals surface area contributed by atoms with Gasteiger partial charge in [-0.15, -0.1) is 0 Å². The Hall–Kier alpha value is -1.16. The molecule has 0 amide bonds. The van der Waals surface area contributed by atoms with E-state index in [1.54, 1.807) is 12.5 Å². The smallest absolute Gasteiger partial charge is 0.182 e. The van der Waals surface area contributed by atoms with Gasteiger partial charge >= 0.3 is 0 Å². The lowest BCUT2D eigenvalue weighted by Crippen LogP contribution is -2.08. The van der Waals surface area contributed by atoms with E-state index in [0.717, 1.165) is 18.9 Å². The standard InChI is InChI=1S/C11H17N3O/c12-5-6-14-7-10(13-8-14)11(15)4-3-9-1-2-9/h7-9H,1-6,12H2. The van der Waals surface area contributed by atoms with Gasteiger partial charge in [0.15, 0.2) is 5.78 Å². The van der Waals surface area contributed by atoms with Gasteiger partial charge in [0.25, 0.3) is 0 Å². The highest BCUT2D eigenvalue weighted by Crippen LogP contribution is 2.33. The summed E-state index contributed by atoms with van der Waals surface area (Å²) in [7, 11) is 0. The Labute approximate surface area is 89.5 Å². The summed E-state index contributed by atoms with van der Waals surface area (Å²) in [6.07, 6.45) is 7.75. The first-order valence-electron chi connectivity index (χ1n) is 5.54. The van der Waals surface area contributed by atoms with Gasteiger partial charge in [-0.05, 0) is 12.3 Å². The van der Waals surface area contributed by atoms with Crippen LogP contribution in [0.25, 0.3) is 0 Å². The van der Waals surface area contributed by atoms with Crippen LogP contribution in [-0.2, 0) is 6.54 Å². The minimum Gasteiger partial charge on any atom is -0.335 e. The summed E-state index contributed by atoms with van der Waals surface area (Å²) in [6, 6.07) is 0. The van der Waals surface area contributed by atoms with Gasteiger partial charge in [-0.2, -0.15) is 0 Å². The number of hydrogen-bond donors (Lipinski definition) is 1. The van der Waals surface area contributed by atoms with Crippen LogP contribution in [0.3, 0.4) is 0 Å². The number of nitrogens with two attached hydrogens (primary N) is 1. The topological polar surface area (TPSA) is 60.9 Å². The van der Waals surface area contributed by atoms with E-state index in [1.807, 2.05) is 4.57 Å². The quantitative estimate of drug-likeness (QED) is 0.713. The molecule has 0 bridgehead atoms. The monoisotopic (exact) mass is 207 g/mol. The summed E-state index contributed by atoms with van der Waals surface area (Å²) in [4.78, 5) is 15.8. The van der Waals surface area contributed by atoms with Crippen LogP contribution in [-0.4, -0.2) is 21.9 Å². The maximum absolute atomic E-state index is 11.7. The molecule has 4 heteroatoms.